The summed E-state index contributed by atoms with van der Waals surface area (Å²) in [6, 6.07) is 20.8. The third-order valence-electron chi connectivity index (χ3n) is 7.42. The van der Waals surface area contributed by atoms with Gasteiger partial charge < -0.3 is 14.0 Å². The molecule has 3 aliphatic rings. The molecule has 1 unspecified atom stereocenters. The zero-order valence-corrected chi connectivity index (χ0v) is 16.7. The maximum absolute atomic E-state index is 13.6. The van der Waals surface area contributed by atoms with Crippen LogP contribution in [0.2, 0.25) is 0 Å². The summed E-state index contributed by atoms with van der Waals surface area (Å²) in [4.78, 5) is 13.6. The number of nitrogens with zero attached hydrogens (tertiary/aromatic N) is 1. The number of carbonyl (C=O) groups is 1. The molecule has 2 bridgehead atoms. The zero-order chi connectivity index (χ0) is 19.5. The highest BCUT2D eigenvalue weighted by molar-refractivity contribution is 5.87. The molecule has 3 saturated heterocycles. The predicted octanol–water partition coefficient (Wildman–Crippen LogP) is 3.29. The Morgan fingerprint density at radius 3 is 1.86 bits per heavy atom. The third kappa shape index (κ3) is 2.55. The lowest BCUT2D eigenvalue weighted by Crippen LogP contribution is -2.60. The normalized spacial score (nSPS) is 32.5. The van der Waals surface area contributed by atoms with Crippen LogP contribution in [0.4, 0.5) is 0 Å². The van der Waals surface area contributed by atoms with Crippen molar-refractivity contribution in [1.82, 2.24) is 0 Å². The van der Waals surface area contributed by atoms with E-state index in [1.54, 1.807) is 0 Å². The predicted molar refractivity (Wildman–Crippen MR) is 107 cm³/mol. The first-order valence-electron chi connectivity index (χ1n) is 10.2. The maximum atomic E-state index is 13.6. The number of rotatable bonds is 4. The Balaban J connectivity index is 1.42. The largest absolute Gasteiger partial charge is 0.461 e. The number of piperidine rings is 1. The Morgan fingerprint density at radius 1 is 0.929 bits per heavy atom. The molecule has 0 aliphatic carbocycles. The Bertz CT molecular complexity index is 820. The number of esters is 1. The molecular formula is C24H28NO3+. The van der Waals surface area contributed by atoms with E-state index >= 15 is 0 Å². The van der Waals surface area contributed by atoms with Crippen molar-refractivity contribution in [3.05, 3.63) is 71.8 Å². The number of hydrogen-bond acceptors (Lipinski definition) is 3. The van der Waals surface area contributed by atoms with Crippen molar-refractivity contribution < 1.29 is 18.8 Å². The van der Waals surface area contributed by atoms with Crippen LogP contribution in [0.15, 0.2) is 60.7 Å². The van der Waals surface area contributed by atoms with E-state index in [2.05, 4.69) is 14.1 Å². The van der Waals surface area contributed by atoms with Crippen molar-refractivity contribution in [1.29, 1.82) is 0 Å². The molecule has 146 valence electrons. The summed E-state index contributed by atoms with van der Waals surface area (Å²) in [5.41, 5.74) is 1.11. The molecule has 2 aromatic rings. The summed E-state index contributed by atoms with van der Waals surface area (Å²) in [6.45, 7) is 1.98. The summed E-state index contributed by atoms with van der Waals surface area (Å²) in [7, 11) is 4.59. The summed E-state index contributed by atoms with van der Waals surface area (Å²) in [5, 5.41) is 0. The molecule has 4 heteroatoms. The van der Waals surface area contributed by atoms with E-state index in [1.165, 1.54) is 0 Å². The zero-order valence-electron chi connectivity index (χ0n) is 16.7. The van der Waals surface area contributed by atoms with Gasteiger partial charge in [0.25, 0.3) is 0 Å². The van der Waals surface area contributed by atoms with Crippen LogP contribution < -0.4 is 0 Å². The lowest BCUT2D eigenvalue weighted by Gasteiger charge is -2.45. The summed E-state index contributed by atoms with van der Waals surface area (Å²) >= 11 is 0. The third-order valence-corrected chi connectivity index (χ3v) is 7.42. The van der Waals surface area contributed by atoms with Crippen molar-refractivity contribution in [2.45, 2.75) is 55.6 Å². The summed E-state index contributed by atoms with van der Waals surface area (Å²) in [6.07, 6.45) is 2.46. The Morgan fingerprint density at radius 2 is 1.39 bits per heavy atom. The van der Waals surface area contributed by atoms with E-state index in [0.29, 0.717) is 24.3 Å². The van der Waals surface area contributed by atoms with Gasteiger partial charge in [-0.25, -0.2) is 0 Å². The number of morpholine rings is 1. The van der Waals surface area contributed by atoms with Crippen LogP contribution in [-0.2, 0) is 19.7 Å². The molecule has 3 fully saturated rings. The lowest BCUT2D eigenvalue weighted by atomic mass is 9.76. The van der Waals surface area contributed by atoms with Crippen LogP contribution in [0.25, 0.3) is 0 Å². The van der Waals surface area contributed by atoms with Gasteiger partial charge in [0.15, 0.2) is 0 Å². The standard InChI is InChI=1S/C24H28NO3/c1-24(16-10-6-4-7-11-16,17-12-8-5-9-13-17)23(26)27-18-14-19-21-22(28-21)20(15-18)25(19,2)3/h4-13,18-22H,14-15H2,1-3H3/q+1/t18?,19-,20+,21+,22-. The fraction of sp³-hybridized carbons (Fsp3) is 0.458. The first kappa shape index (κ1) is 17.9. The quantitative estimate of drug-likeness (QED) is 0.466. The van der Waals surface area contributed by atoms with Crippen molar-refractivity contribution >= 4 is 5.97 Å². The van der Waals surface area contributed by atoms with E-state index in [-0.39, 0.29) is 12.1 Å². The molecule has 0 spiro atoms. The van der Waals surface area contributed by atoms with Gasteiger partial charge in [0.2, 0.25) is 0 Å². The van der Waals surface area contributed by atoms with Gasteiger partial charge >= 0.3 is 5.97 Å². The molecule has 0 amide bonds. The van der Waals surface area contributed by atoms with Crippen molar-refractivity contribution in [2.75, 3.05) is 14.1 Å². The van der Waals surface area contributed by atoms with Gasteiger partial charge in [-0.15, -0.1) is 0 Å². The fourth-order valence-corrected chi connectivity index (χ4v) is 5.52. The van der Waals surface area contributed by atoms with E-state index < -0.39 is 5.41 Å². The van der Waals surface area contributed by atoms with Gasteiger partial charge in [0.1, 0.15) is 35.8 Å². The summed E-state index contributed by atoms with van der Waals surface area (Å²) in [5.74, 6) is -0.156. The van der Waals surface area contributed by atoms with Crippen LogP contribution in [0, 0.1) is 0 Å². The summed E-state index contributed by atoms with van der Waals surface area (Å²) < 4.78 is 13.1. The minimum Gasteiger partial charge on any atom is -0.461 e. The van der Waals surface area contributed by atoms with Crippen molar-refractivity contribution in [3.63, 3.8) is 0 Å². The van der Waals surface area contributed by atoms with Gasteiger partial charge in [-0.05, 0) is 18.1 Å². The number of epoxide rings is 1. The maximum Gasteiger partial charge on any atom is 0.321 e. The topological polar surface area (TPSA) is 38.8 Å². The van der Waals surface area contributed by atoms with Crippen LogP contribution in [-0.4, -0.2) is 54.9 Å². The van der Waals surface area contributed by atoms with Gasteiger partial charge in [0.05, 0.1) is 14.1 Å². The Labute approximate surface area is 166 Å². The molecule has 0 aromatic heterocycles. The lowest BCUT2D eigenvalue weighted by molar-refractivity contribution is -0.938. The highest BCUT2D eigenvalue weighted by atomic mass is 16.6. The van der Waals surface area contributed by atoms with Crippen LogP contribution in [0.3, 0.4) is 0 Å². The first-order valence-corrected chi connectivity index (χ1v) is 10.2. The number of hydrogen-bond donors (Lipinski definition) is 0. The van der Waals surface area contributed by atoms with Crippen LogP contribution in [0.1, 0.15) is 30.9 Å². The number of carbonyl (C=O) groups excluding carboxylic acids is 1. The second-order valence-electron chi connectivity index (χ2n) is 9.18. The molecule has 3 aliphatic heterocycles. The van der Waals surface area contributed by atoms with Gasteiger partial charge in [0, 0.05) is 12.8 Å². The SMILES string of the molecule is CC(C(=O)OC1C[C@@H]2[C@@H]3O[C@@H]3[C@H](C1)[N+]2(C)C)(c1ccccc1)c1ccccc1. The average Bonchev–Trinajstić information content (AvgIpc) is 3.47. The second-order valence-corrected chi connectivity index (χ2v) is 9.18. The van der Waals surface area contributed by atoms with Gasteiger partial charge in [-0.1, -0.05) is 60.7 Å². The molecule has 0 radical (unpaired) electrons. The Hall–Kier alpha value is -2.17. The van der Waals surface area contributed by atoms with Gasteiger partial charge in [-0.2, -0.15) is 0 Å². The van der Waals surface area contributed by atoms with E-state index in [4.69, 9.17) is 9.47 Å². The average molecular weight is 378 g/mol. The monoisotopic (exact) mass is 378 g/mol. The molecular weight excluding hydrogens is 350 g/mol. The van der Waals surface area contributed by atoms with Crippen molar-refractivity contribution in [2.24, 2.45) is 0 Å². The van der Waals surface area contributed by atoms with E-state index in [1.807, 2.05) is 67.6 Å². The van der Waals surface area contributed by atoms with Crippen LogP contribution in [0.5, 0.6) is 0 Å². The van der Waals surface area contributed by atoms with Crippen molar-refractivity contribution in [3.8, 4) is 0 Å². The highest BCUT2D eigenvalue weighted by Gasteiger charge is 2.70. The molecule has 0 N–H and O–H groups in total. The molecule has 4 nitrogen and oxygen atoms in total. The first-order chi connectivity index (χ1) is 13.4. The molecule has 3 heterocycles. The number of likely N-dealkylation sites (N-methyl/N-ethyl adjacent to an activating group) is 1. The smallest absolute Gasteiger partial charge is 0.321 e. The van der Waals surface area contributed by atoms with Crippen LogP contribution >= 0.6 is 0 Å². The molecule has 5 rings (SSSR count). The minimum absolute atomic E-state index is 0.0307. The molecule has 5 atom stereocenters. The number of ether oxygens (including phenoxy) is 2. The molecule has 0 saturated carbocycles. The highest BCUT2D eigenvalue weighted by Crippen LogP contribution is 2.52. The van der Waals surface area contributed by atoms with E-state index in [0.717, 1.165) is 28.5 Å². The molecule has 28 heavy (non-hydrogen) atoms. The second kappa shape index (κ2) is 6.16. The number of benzene rings is 2. The Kier molecular flexibility index (Phi) is 3.94. The minimum atomic E-state index is -0.817. The van der Waals surface area contributed by atoms with E-state index in [9.17, 15) is 4.79 Å². The fourth-order valence-electron chi connectivity index (χ4n) is 5.52. The molecule has 2 aromatic carbocycles. The number of quaternary nitrogens is 1. The number of fused-ring (bicyclic) bond motifs is 5. The van der Waals surface area contributed by atoms with Gasteiger partial charge in [-0.3, -0.25) is 4.79 Å².